The molecule has 18 heavy (non-hydrogen) atoms. The molecule has 0 aromatic heterocycles. The Morgan fingerprint density at radius 1 is 1.17 bits per heavy atom. The molecule has 0 aliphatic rings. The summed E-state index contributed by atoms with van der Waals surface area (Å²) in [6.45, 7) is 11.3. The molecule has 0 amide bonds. The second-order valence-corrected chi connectivity index (χ2v) is 8.84. The molecule has 0 rings (SSSR count). The Kier molecular flexibility index (Phi) is 12.7. The van der Waals surface area contributed by atoms with Gasteiger partial charge in [0.25, 0.3) is 0 Å². The summed E-state index contributed by atoms with van der Waals surface area (Å²) in [7, 11) is -4.14. The molecule has 4 nitrogen and oxygen atoms in total. The van der Waals surface area contributed by atoms with Crippen molar-refractivity contribution in [2.24, 2.45) is 0 Å². The highest BCUT2D eigenvalue weighted by Crippen LogP contribution is 2.46. The van der Waals surface area contributed by atoms with Gasteiger partial charge < -0.3 is 4.89 Å². The van der Waals surface area contributed by atoms with Crippen LogP contribution in [0.15, 0.2) is 0 Å². The van der Waals surface area contributed by atoms with Gasteiger partial charge in [-0.15, -0.1) is 4.52 Å². The van der Waals surface area contributed by atoms with Gasteiger partial charge in [-0.05, 0) is 31.3 Å². The van der Waals surface area contributed by atoms with Crippen molar-refractivity contribution in [1.29, 1.82) is 0 Å². The fourth-order valence-corrected chi connectivity index (χ4v) is 2.84. The van der Waals surface area contributed by atoms with Gasteiger partial charge in [-0.2, -0.15) is 0 Å². The van der Waals surface area contributed by atoms with Crippen molar-refractivity contribution in [3.8, 4) is 0 Å². The average molecular weight is 299 g/mol. The zero-order chi connectivity index (χ0) is 14.8. The third kappa shape index (κ3) is 10.2. The molecule has 0 aliphatic heterocycles. The maximum absolute atomic E-state index is 11.1. The summed E-state index contributed by atoms with van der Waals surface area (Å²) in [6.07, 6.45) is 2.90. The predicted octanol–water partition coefficient (Wildman–Crippen LogP) is 4.64. The topological polar surface area (TPSA) is 63.6 Å². The van der Waals surface area contributed by atoms with Gasteiger partial charge in [0.15, 0.2) is 6.16 Å². The minimum absolute atomic E-state index is 0.0255. The van der Waals surface area contributed by atoms with Crippen LogP contribution in [0.4, 0.5) is 0 Å². The fourth-order valence-electron chi connectivity index (χ4n) is 0.947. The van der Waals surface area contributed by atoms with Crippen molar-refractivity contribution in [2.45, 2.75) is 66.1 Å². The van der Waals surface area contributed by atoms with Crippen LogP contribution in [-0.4, -0.2) is 29.0 Å². The van der Waals surface area contributed by atoms with Crippen molar-refractivity contribution in [1.82, 2.24) is 0 Å². The van der Waals surface area contributed by atoms with Crippen LogP contribution in [0, 0.1) is 0 Å². The largest absolute Gasteiger partial charge is 0.508 e. The monoisotopic (exact) mass is 299 g/mol. The van der Waals surface area contributed by atoms with Crippen LogP contribution in [0.1, 0.15) is 54.4 Å². The fraction of sp³-hybridized carbons (Fsp3) is 1.00. The van der Waals surface area contributed by atoms with Gasteiger partial charge in [-0.3, -0.25) is 4.57 Å². The van der Waals surface area contributed by atoms with Crippen molar-refractivity contribution in [3.05, 3.63) is 0 Å². The molecule has 4 unspecified atom stereocenters. The molecule has 0 bridgehead atoms. The molecule has 0 saturated heterocycles. The van der Waals surface area contributed by atoms with Crippen LogP contribution in [0.3, 0.4) is 0 Å². The Morgan fingerprint density at radius 2 is 1.67 bits per heavy atom. The van der Waals surface area contributed by atoms with Crippen molar-refractivity contribution >= 4 is 15.4 Å². The number of hydrogen-bond acceptors (Lipinski definition) is 3. The summed E-state index contributed by atoms with van der Waals surface area (Å²) in [4.78, 5) is 9.15. The first-order valence-electron chi connectivity index (χ1n) is 6.67. The quantitative estimate of drug-likeness (QED) is 0.696. The Hall–Kier alpha value is 0.250. The van der Waals surface area contributed by atoms with Crippen molar-refractivity contribution < 1.29 is 18.5 Å². The minimum Gasteiger partial charge on any atom is -0.344 e. The standard InChI is InChI=1S/C6H15O2P.C6H14O2P/c1-4-6(3)9(7,8)5-2;1-4-6(3)8-9(7)5-2/h6H,4-5H2,1-3H3,(H,7,8);6H,4-5H2,1-3H3/q;+1. The molecule has 0 saturated carbocycles. The van der Waals surface area contributed by atoms with E-state index in [2.05, 4.69) is 0 Å². The van der Waals surface area contributed by atoms with Crippen LogP contribution < -0.4 is 0 Å². The summed E-state index contributed by atoms with van der Waals surface area (Å²) in [5.41, 5.74) is -0.0255. The predicted molar refractivity (Wildman–Crippen MR) is 79.1 cm³/mol. The lowest BCUT2D eigenvalue weighted by Crippen LogP contribution is -2.02. The second kappa shape index (κ2) is 11.1. The second-order valence-electron chi connectivity index (χ2n) is 4.30. The highest BCUT2D eigenvalue weighted by Gasteiger charge is 2.22. The molecular formula is C12H29O4P2+. The van der Waals surface area contributed by atoms with E-state index in [9.17, 15) is 9.13 Å². The lowest BCUT2D eigenvalue weighted by Gasteiger charge is -2.14. The van der Waals surface area contributed by atoms with Crippen LogP contribution in [0.5, 0.6) is 0 Å². The number of hydrogen-bond donors (Lipinski definition) is 1. The Bertz CT molecular complexity index is 269. The SMILES string of the molecule is CCC(C)O[P+](=O)CC.CCC(C)P(=O)(O)CC. The van der Waals surface area contributed by atoms with E-state index < -0.39 is 15.4 Å². The molecular weight excluding hydrogens is 270 g/mol. The lowest BCUT2D eigenvalue weighted by molar-refractivity contribution is 0.231. The highest BCUT2D eigenvalue weighted by atomic mass is 31.2. The first-order chi connectivity index (χ1) is 8.24. The van der Waals surface area contributed by atoms with Crippen molar-refractivity contribution in [2.75, 3.05) is 12.3 Å². The Morgan fingerprint density at radius 3 is 1.89 bits per heavy atom. The third-order valence-electron chi connectivity index (χ3n) is 2.86. The van der Waals surface area contributed by atoms with Gasteiger partial charge >= 0.3 is 8.03 Å². The van der Waals surface area contributed by atoms with Gasteiger partial charge in [0, 0.05) is 11.8 Å². The molecule has 0 radical (unpaired) electrons. The molecule has 0 fully saturated rings. The zero-order valence-electron chi connectivity index (χ0n) is 12.5. The zero-order valence-corrected chi connectivity index (χ0v) is 14.3. The molecule has 0 aliphatic carbocycles. The molecule has 0 heterocycles. The first-order valence-corrected chi connectivity index (χ1v) is 9.95. The van der Waals surface area contributed by atoms with Crippen LogP contribution in [0.2, 0.25) is 0 Å². The molecule has 0 spiro atoms. The smallest absolute Gasteiger partial charge is 0.344 e. The number of rotatable bonds is 7. The minimum atomic E-state index is -2.76. The molecule has 110 valence electrons. The average Bonchev–Trinajstić information content (AvgIpc) is 2.37. The van der Waals surface area contributed by atoms with Crippen LogP contribution in [-0.2, 0) is 13.7 Å². The summed E-state index contributed by atoms with van der Waals surface area (Å²) in [6, 6.07) is 0. The normalized spacial score (nSPS) is 18.1. The van der Waals surface area contributed by atoms with Crippen molar-refractivity contribution in [3.63, 3.8) is 0 Å². The molecule has 4 atom stereocenters. The highest BCUT2D eigenvalue weighted by molar-refractivity contribution is 7.58. The van der Waals surface area contributed by atoms with E-state index in [0.717, 1.165) is 12.8 Å². The molecule has 0 aromatic rings. The maximum atomic E-state index is 11.1. The van der Waals surface area contributed by atoms with E-state index in [4.69, 9.17) is 9.42 Å². The van der Waals surface area contributed by atoms with E-state index >= 15 is 0 Å². The summed E-state index contributed by atoms with van der Waals surface area (Å²) in [5.74, 6) is 0. The van der Waals surface area contributed by atoms with E-state index in [1.165, 1.54) is 0 Å². The third-order valence-corrected chi connectivity index (χ3v) is 6.62. The maximum Gasteiger partial charge on any atom is 0.508 e. The van der Waals surface area contributed by atoms with Gasteiger partial charge in [0.2, 0.25) is 7.37 Å². The Labute approximate surface area is 113 Å². The molecule has 0 aromatic carbocycles. The van der Waals surface area contributed by atoms with Gasteiger partial charge in [0.1, 0.15) is 6.10 Å². The first kappa shape index (κ1) is 20.6. The van der Waals surface area contributed by atoms with E-state index in [0.29, 0.717) is 12.3 Å². The van der Waals surface area contributed by atoms with Crippen LogP contribution >= 0.6 is 15.4 Å². The van der Waals surface area contributed by atoms with Gasteiger partial charge in [0.05, 0.1) is 0 Å². The Balaban J connectivity index is 0. The lowest BCUT2D eigenvalue weighted by atomic mass is 10.3. The van der Waals surface area contributed by atoms with Gasteiger partial charge in [-0.25, -0.2) is 0 Å². The van der Waals surface area contributed by atoms with E-state index in [-0.39, 0.29) is 11.8 Å². The summed E-state index contributed by atoms with van der Waals surface area (Å²) in [5, 5.41) is 0. The summed E-state index contributed by atoms with van der Waals surface area (Å²) < 4.78 is 26.8. The summed E-state index contributed by atoms with van der Waals surface area (Å²) >= 11 is 0. The van der Waals surface area contributed by atoms with E-state index in [1.807, 2.05) is 34.6 Å². The van der Waals surface area contributed by atoms with Gasteiger partial charge in [-0.1, -0.05) is 27.7 Å². The molecule has 6 heteroatoms. The molecule has 1 N–H and O–H groups in total. The van der Waals surface area contributed by atoms with Crippen LogP contribution in [0.25, 0.3) is 0 Å². The van der Waals surface area contributed by atoms with E-state index in [1.54, 1.807) is 6.92 Å².